The molecule has 1 fully saturated rings. The summed E-state index contributed by atoms with van der Waals surface area (Å²) in [5, 5.41) is 3.08. The number of nitrogens with one attached hydrogen (secondary N) is 1. The molecule has 0 bridgehead atoms. The lowest BCUT2D eigenvalue weighted by atomic mass is 10.1. The van der Waals surface area contributed by atoms with Crippen LogP contribution in [0.15, 0.2) is 34.2 Å². The number of aliphatic imine (C=N–C) groups is 1. The Balaban J connectivity index is 2.23. The van der Waals surface area contributed by atoms with Crippen LogP contribution in [-0.2, 0) is 14.3 Å². The predicted octanol–water partition coefficient (Wildman–Crippen LogP) is 2.21. The molecular formula is C14H14N2O3S. The molecule has 0 spiro atoms. The van der Waals surface area contributed by atoms with Crippen LogP contribution >= 0.6 is 11.8 Å². The van der Waals surface area contributed by atoms with Crippen LogP contribution in [0.3, 0.4) is 0 Å². The zero-order valence-electron chi connectivity index (χ0n) is 11.4. The first-order valence-corrected chi connectivity index (χ1v) is 6.76. The summed E-state index contributed by atoms with van der Waals surface area (Å²) < 4.78 is 4.50. The quantitative estimate of drug-likeness (QED) is 0.670. The molecule has 0 unspecified atom stereocenters. The lowest BCUT2D eigenvalue weighted by molar-refractivity contribution is -0.135. The monoisotopic (exact) mass is 290 g/mol. The van der Waals surface area contributed by atoms with Crippen LogP contribution in [0, 0.1) is 13.8 Å². The number of esters is 1. The van der Waals surface area contributed by atoms with Gasteiger partial charge in [-0.3, -0.25) is 4.79 Å². The number of amides is 1. The number of carbonyl (C=O) groups excluding carboxylic acids is 2. The Morgan fingerprint density at radius 1 is 1.40 bits per heavy atom. The highest BCUT2D eigenvalue weighted by atomic mass is 32.2. The Bertz CT molecular complexity index is 635. The highest BCUT2D eigenvalue weighted by Crippen LogP contribution is 2.27. The van der Waals surface area contributed by atoms with Crippen LogP contribution in [-0.4, -0.2) is 24.2 Å². The van der Waals surface area contributed by atoms with Crippen molar-refractivity contribution in [2.45, 2.75) is 13.8 Å². The number of hydrogen-bond acceptors (Lipinski definition) is 5. The molecule has 1 aromatic carbocycles. The molecule has 0 atom stereocenters. The fraction of sp³-hybridized carbons (Fsp3) is 0.214. The van der Waals surface area contributed by atoms with Gasteiger partial charge < -0.3 is 10.1 Å². The molecule has 1 aromatic rings. The summed E-state index contributed by atoms with van der Waals surface area (Å²) in [6.07, 6.45) is 1.16. The highest BCUT2D eigenvalue weighted by molar-refractivity contribution is 8.18. The van der Waals surface area contributed by atoms with E-state index in [0.717, 1.165) is 34.7 Å². The van der Waals surface area contributed by atoms with Crippen molar-refractivity contribution in [2.75, 3.05) is 7.11 Å². The van der Waals surface area contributed by atoms with E-state index in [2.05, 4.69) is 15.0 Å². The summed E-state index contributed by atoms with van der Waals surface area (Å²) in [7, 11) is 1.27. The minimum absolute atomic E-state index is 0.278. The fourth-order valence-electron chi connectivity index (χ4n) is 1.69. The number of thioether (sulfide) groups is 1. The van der Waals surface area contributed by atoms with Crippen LogP contribution < -0.4 is 5.32 Å². The molecule has 0 aromatic heterocycles. The van der Waals surface area contributed by atoms with Gasteiger partial charge in [0.1, 0.15) is 0 Å². The van der Waals surface area contributed by atoms with Crippen molar-refractivity contribution in [3.05, 3.63) is 40.3 Å². The minimum atomic E-state index is -0.560. The third-order valence-electron chi connectivity index (χ3n) is 2.68. The van der Waals surface area contributed by atoms with Gasteiger partial charge in [0, 0.05) is 6.08 Å². The maximum absolute atomic E-state index is 11.7. The van der Waals surface area contributed by atoms with Crippen molar-refractivity contribution in [1.82, 2.24) is 5.32 Å². The van der Waals surface area contributed by atoms with E-state index in [1.807, 2.05) is 32.0 Å². The number of amidine groups is 1. The first-order chi connectivity index (χ1) is 9.49. The third kappa shape index (κ3) is 3.27. The fourth-order valence-corrected chi connectivity index (χ4v) is 2.48. The minimum Gasteiger partial charge on any atom is -0.466 e. The highest BCUT2D eigenvalue weighted by Gasteiger charge is 2.25. The predicted molar refractivity (Wildman–Crippen MR) is 78.8 cm³/mol. The molecule has 1 heterocycles. The van der Waals surface area contributed by atoms with E-state index in [4.69, 9.17) is 0 Å². The second kappa shape index (κ2) is 5.92. The van der Waals surface area contributed by atoms with Gasteiger partial charge in [0.05, 0.1) is 17.7 Å². The summed E-state index contributed by atoms with van der Waals surface area (Å²) in [6, 6.07) is 5.87. The molecule has 104 valence electrons. The molecule has 0 saturated carbocycles. The van der Waals surface area contributed by atoms with Gasteiger partial charge in [-0.1, -0.05) is 17.7 Å². The van der Waals surface area contributed by atoms with Gasteiger partial charge >= 0.3 is 5.97 Å². The number of carbonyl (C=O) groups is 2. The first kappa shape index (κ1) is 14.3. The lowest BCUT2D eigenvalue weighted by Crippen LogP contribution is -2.19. The molecule has 20 heavy (non-hydrogen) atoms. The molecule has 6 heteroatoms. The number of rotatable bonds is 2. The van der Waals surface area contributed by atoms with Gasteiger partial charge in [0.15, 0.2) is 5.17 Å². The molecule has 0 radical (unpaired) electrons. The van der Waals surface area contributed by atoms with Crippen molar-refractivity contribution in [1.29, 1.82) is 0 Å². The Labute approximate surface area is 121 Å². The molecule has 1 aliphatic rings. The van der Waals surface area contributed by atoms with Crippen LogP contribution in [0.4, 0.5) is 5.69 Å². The number of methoxy groups -OCH3 is 1. The Hall–Kier alpha value is -2.08. The summed E-state index contributed by atoms with van der Waals surface area (Å²) in [6.45, 7) is 3.96. The summed E-state index contributed by atoms with van der Waals surface area (Å²) >= 11 is 1.12. The Morgan fingerprint density at radius 3 is 2.80 bits per heavy atom. The van der Waals surface area contributed by atoms with E-state index in [1.54, 1.807) is 0 Å². The van der Waals surface area contributed by atoms with Crippen LogP contribution in [0.2, 0.25) is 0 Å². The topological polar surface area (TPSA) is 67.8 Å². The molecule has 0 aliphatic carbocycles. The molecule has 1 saturated heterocycles. The van der Waals surface area contributed by atoms with Gasteiger partial charge in [-0.2, -0.15) is 0 Å². The van der Waals surface area contributed by atoms with E-state index < -0.39 is 5.97 Å². The number of aryl methyl sites for hydroxylation is 2. The summed E-state index contributed by atoms with van der Waals surface area (Å²) in [4.78, 5) is 27.5. The number of hydrogen-bond donors (Lipinski definition) is 1. The molecule has 5 nitrogen and oxygen atoms in total. The van der Waals surface area contributed by atoms with E-state index in [-0.39, 0.29) is 10.8 Å². The van der Waals surface area contributed by atoms with E-state index >= 15 is 0 Å². The van der Waals surface area contributed by atoms with E-state index in [1.165, 1.54) is 7.11 Å². The van der Waals surface area contributed by atoms with Gasteiger partial charge in [-0.05, 0) is 37.2 Å². The van der Waals surface area contributed by atoms with Crippen molar-refractivity contribution in [3.8, 4) is 0 Å². The van der Waals surface area contributed by atoms with E-state index in [9.17, 15) is 9.59 Å². The number of nitrogens with zero attached hydrogens (tertiary/aromatic N) is 1. The Morgan fingerprint density at radius 2 is 2.15 bits per heavy atom. The molecule has 1 N–H and O–H groups in total. The Kier molecular flexibility index (Phi) is 4.24. The zero-order chi connectivity index (χ0) is 14.7. The molecule has 2 rings (SSSR count). The van der Waals surface area contributed by atoms with Crippen molar-refractivity contribution >= 4 is 34.5 Å². The van der Waals surface area contributed by atoms with Gasteiger partial charge in [0.2, 0.25) is 0 Å². The maximum atomic E-state index is 11.7. The molecular weight excluding hydrogens is 276 g/mol. The summed E-state index contributed by atoms with van der Waals surface area (Å²) in [5.41, 5.74) is 2.97. The van der Waals surface area contributed by atoms with Crippen LogP contribution in [0.5, 0.6) is 0 Å². The van der Waals surface area contributed by atoms with Crippen molar-refractivity contribution in [2.24, 2.45) is 4.99 Å². The molecule has 1 amide bonds. The van der Waals surface area contributed by atoms with Gasteiger partial charge in [0.25, 0.3) is 5.91 Å². The number of ether oxygens (including phenoxy) is 1. The SMILES string of the molecule is COC(=O)/C=C1\SC(=Nc2ccc(C)cc2C)NC1=O. The second-order valence-corrected chi connectivity index (χ2v) is 5.33. The van der Waals surface area contributed by atoms with E-state index in [0.29, 0.717) is 5.17 Å². The summed E-state index contributed by atoms with van der Waals surface area (Å²) in [5.74, 6) is -0.903. The zero-order valence-corrected chi connectivity index (χ0v) is 12.2. The maximum Gasteiger partial charge on any atom is 0.331 e. The second-order valence-electron chi connectivity index (χ2n) is 4.29. The average Bonchev–Trinajstić information content (AvgIpc) is 2.73. The standard InChI is InChI=1S/C14H14N2O3S/c1-8-4-5-10(9(2)6-8)15-14-16-13(18)11(20-14)7-12(17)19-3/h4-7H,1-3H3,(H,15,16,18)/b11-7-. The lowest BCUT2D eigenvalue weighted by Gasteiger charge is -2.02. The van der Waals surface area contributed by atoms with Gasteiger partial charge in [-0.15, -0.1) is 0 Å². The van der Waals surface area contributed by atoms with Crippen LogP contribution in [0.1, 0.15) is 11.1 Å². The van der Waals surface area contributed by atoms with Crippen molar-refractivity contribution in [3.63, 3.8) is 0 Å². The smallest absolute Gasteiger partial charge is 0.331 e. The van der Waals surface area contributed by atoms with Gasteiger partial charge in [-0.25, -0.2) is 9.79 Å². The third-order valence-corrected chi connectivity index (χ3v) is 3.59. The number of benzene rings is 1. The molecule has 1 aliphatic heterocycles. The average molecular weight is 290 g/mol. The largest absolute Gasteiger partial charge is 0.466 e. The first-order valence-electron chi connectivity index (χ1n) is 5.94. The normalized spacial score (nSPS) is 18.4. The van der Waals surface area contributed by atoms with Crippen molar-refractivity contribution < 1.29 is 14.3 Å². The van der Waals surface area contributed by atoms with Crippen LogP contribution in [0.25, 0.3) is 0 Å².